The second-order valence-electron chi connectivity index (χ2n) is 5.67. The quantitative estimate of drug-likeness (QED) is 0.783. The smallest absolute Gasteiger partial charge is 0.143 e. The molecule has 124 valence electrons. The van der Waals surface area contributed by atoms with Crippen molar-refractivity contribution in [3.63, 3.8) is 0 Å². The summed E-state index contributed by atoms with van der Waals surface area (Å²) in [5.74, 6) is 0.503. The summed E-state index contributed by atoms with van der Waals surface area (Å²) in [7, 11) is 0. The maximum atomic E-state index is 13.2. The van der Waals surface area contributed by atoms with E-state index in [1.54, 1.807) is 23.3 Å². The fourth-order valence-electron chi connectivity index (χ4n) is 2.84. The van der Waals surface area contributed by atoms with Crippen LogP contribution in [0.2, 0.25) is 5.02 Å². The largest absolute Gasteiger partial charge is 0.301 e. The number of halogens is 2. The highest BCUT2D eigenvalue weighted by atomic mass is 35.5. The van der Waals surface area contributed by atoms with Gasteiger partial charge in [-0.15, -0.1) is 5.10 Å². The molecule has 0 saturated carbocycles. The third-order valence-corrected chi connectivity index (χ3v) is 4.35. The highest BCUT2D eigenvalue weighted by Gasteiger charge is 2.22. The van der Waals surface area contributed by atoms with Crippen molar-refractivity contribution in [2.24, 2.45) is 0 Å². The Morgan fingerprint density at radius 2 is 2.29 bits per heavy atom. The predicted molar refractivity (Wildman–Crippen MR) is 85.2 cm³/mol. The average molecular weight is 348 g/mol. The maximum Gasteiger partial charge on any atom is 0.143 e. The van der Waals surface area contributed by atoms with Crippen LogP contribution in [0.5, 0.6) is 0 Å². The zero-order chi connectivity index (χ0) is 16.5. The number of rotatable bonds is 4. The molecular formula is C15H15ClFN7. The van der Waals surface area contributed by atoms with E-state index in [4.69, 9.17) is 11.6 Å². The first-order chi connectivity index (χ1) is 11.7. The van der Waals surface area contributed by atoms with E-state index in [1.165, 1.54) is 12.1 Å². The Labute approximate surface area is 142 Å². The van der Waals surface area contributed by atoms with Crippen LogP contribution in [0.4, 0.5) is 4.39 Å². The van der Waals surface area contributed by atoms with Crippen LogP contribution in [0.25, 0.3) is 5.69 Å². The molecule has 2 aromatic heterocycles. The number of nitrogens with one attached hydrogen (secondary N) is 1. The van der Waals surface area contributed by atoms with Crippen molar-refractivity contribution in [2.45, 2.75) is 32.0 Å². The van der Waals surface area contributed by atoms with E-state index in [0.29, 0.717) is 12.2 Å². The molecular weight excluding hydrogens is 333 g/mol. The van der Waals surface area contributed by atoms with Crippen LogP contribution in [0, 0.1) is 5.82 Å². The SMILES string of the molecule is Fc1ccc(-n2cc(CNC3CCCn4ncnc43)nn2)cc1Cl. The number of aromatic nitrogens is 6. The highest BCUT2D eigenvalue weighted by molar-refractivity contribution is 6.30. The van der Waals surface area contributed by atoms with E-state index in [-0.39, 0.29) is 11.1 Å². The van der Waals surface area contributed by atoms with Crippen LogP contribution < -0.4 is 5.32 Å². The Bertz CT molecular complexity index is 859. The molecule has 1 aliphatic rings. The summed E-state index contributed by atoms with van der Waals surface area (Å²) in [6.07, 6.45) is 5.46. The highest BCUT2D eigenvalue weighted by Crippen LogP contribution is 2.22. The van der Waals surface area contributed by atoms with Gasteiger partial charge < -0.3 is 5.32 Å². The normalized spacial score (nSPS) is 17.0. The molecule has 0 fully saturated rings. The third kappa shape index (κ3) is 2.90. The molecule has 1 unspecified atom stereocenters. The van der Waals surface area contributed by atoms with E-state index in [0.717, 1.165) is 30.9 Å². The number of aryl methyl sites for hydroxylation is 1. The number of hydrogen-bond acceptors (Lipinski definition) is 5. The lowest BCUT2D eigenvalue weighted by atomic mass is 10.1. The fraction of sp³-hybridized carbons (Fsp3) is 0.333. The molecule has 0 amide bonds. The summed E-state index contributed by atoms with van der Waals surface area (Å²) in [6.45, 7) is 1.47. The van der Waals surface area contributed by atoms with Gasteiger partial charge >= 0.3 is 0 Å². The summed E-state index contributed by atoms with van der Waals surface area (Å²) in [6, 6.07) is 4.60. The molecule has 1 N–H and O–H groups in total. The Morgan fingerprint density at radius 1 is 1.38 bits per heavy atom. The monoisotopic (exact) mass is 347 g/mol. The van der Waals surface area contributed by atoms with Crippen LogP contribution in [0.3, 0.4) is 0 Å². The standard InChI is InChI=1S/C15H15ClFN7/c16-12-6-11(3-4-13(12)17)24-8-10(21-22-24)7-18-14-2-1-5-23-15(14)19-9-20-23/h3-4,6,8-9,14,18H,1-2,5,7H2. The molecule has 1 aliphatic heterocycles. The topological polar surface area (TPSA) is 73.5 Å². The van der Waals surface area contributed by atoms with Gasteiger partial charge in [0.25, 0.3) is 0 Å². The minimum Gasteiger partial charge on any atom is -0.301 e. The van der Waals surface area contributed by atoms with Crippen molar-refractivity contribution in [1.29, 1.82) is 0 Å². The molecule has 4 rings (SSSR count). The first kappa shape index (κ1) is 15.2. The van der Waals surface area contributed by atoms with Gasteiger partial charge in [-0.2, -0.15) is 5.10 Å². The first-order valence-corrected chi connectivity index (χ1v) is 8.06. The summed E-state index contributed by atoms with van der Waals surface area (Å²) in [5.41, 5.74) is 1.45. The minimum absolute atomic E-state index is 0.0595. The molecule has 3 aromatic rings. The predicted octanol–water partition coefficient (Wildman–Crippen LogP) is 2.28. The van der Waals surface area contributed by atoms with Gasteiger partial charge in [0, 0.05) is 13.1 Å². The molecule has 1 aromatic carbocycles. The van der Waals surface area contributed by atoms with Crippen LogP contribution >= 0.6 is 11.6 Å². The number of benzene rings is 1. The van der Waals surface area contributed by atoms with Gasteiger partial charge in [-0.05, 0) is 31.0 Å². The van der Waals surface area contributed by atoms with Crippen LogP contribution in [-0.4, -0.2) is 29.8 Å². The van der Waals surface area contributed by atoms with Crippen molar-refractivity contribution in [1.82, 2.24) is 35.1 Å². The summed E-state index contributed by atoms with van der Waals surface area (Å²) in [5, 5.41) is 15.9. The number of hydrogen-bond donors (Lipinski definition) is 1. The lowest BCUT2D eigenvalue weighted by Gasteiger charge is -2.22. The molecule has 0 spiro atoms. The van der Waals surface area contributed by atoms with Gasteiger partial charge in [-0.3, -0.25) is 0 Å². The molecule has 9 heteroatoms. The molecule has 0 saturated heterocycles. The molecule has 7 nitrogen and oxygen atoms in total. The van der Waals surface area contributed by atoms with Crippen molar-refractivity contribution < 1.29 is 4.39 Å². The van der Waals surface area contributed by atoms with Crippen LogP contribution in [0.1, 0.15) is 30.4 Å². The molecule has 0 bridgehead atoms. The third-order valence-electron chi connectivity index (χ3n) is 4.06. The molecule has 0 radical (unpaired) electrons. The fourth-order valence-corrected chi connectivity index (χ4v) is 3.02. The lowest BCUT2D eigenvalue weighted by molar-refractivity contribution is 0.365. The minimum atomic E-state index is -0.455. The Balaban J connectivity index is 1.46. The molecule has 3 heterocycles. The van der Waals surface area contributed by atoms with Gasteiger partial charge in [-0.1, -0.05) is 16.8 Å². The molecule has 0 aliphatic carbocycles. The van der Waals surface area contributed by atoms with Crippen molar-refractivity contribution in [3.05, 3.63) is 53.1 Å². The van der Waals surface area contributed by atoms with Crippen LogP contribution in [0.15, 0.2) is 30.7 Å². The number of fused-ring (bicyclic) bond motifs is 1. The summed E-state index contributed by atoms with van der Waals surface area (Å²) < 4.78 is 16.7. The van der Waals surface area contributed by atoms with Crippen LogP contribution in [-0.2, 0) is 13.1 Å². The Kier molecular flexibility index (Phi) is 3.99. The van der Waals surface area contributed by atoms with Gasteiger partial charge in [0.05, 0.1) is 28.6 Å². The summed E-state index contributed by atoms with van der Waals surface area (Å²) >= 11 is 5.81. The summed E-state index contributed by atoms with van der Waals surface area (Å²) in [4.78, 5) is 4.32. The van der Waals surface area contributed by atoms with E-state index >= 15 is 0 Å². The second-order valence-corrected chi connectivity index (χ2v) is 6.08. The number of nitrogens with zero attached hydrogens (tertiary/aromatic N) is 6. The van der Waals surface area contributed by atoms with E-state index in [1.807, 2.05) is 4.68 Å². The van der Waals surface area contributed by atoms with Crippen molar-refractivity contribution >= 4 is 11.6 Å². The van der Waals surface area contributed by atoms with Gasteiger partial charge in [-0.25, -0.2) is 18.7 Å². The first-order valence-electron chi connectivity index (χ1n) is 7.68. The van der Waals surface area contributed by atoms with Gasteiger partial charge in [0.15, 0.2) is 0 Å². The molecule has 24 heavy (non-hydrogen) atoms. The van der Waals surface area contributed by atoms with Crippen molar-refractivity contribution in [2.75, 3.05) is 0 Å². The van der Waals surface area contributed by atoms with E-state index < -0.39 is 5.82 Å². The average Bonchev–Trinajstić information content (AvgIpc) is 3.24. The van der Waals surface area contributed by atoms with Gasteiger partial charge in [0.2, 0.25) is 0 Å². The van der Waals surface area contributed by atoms with E-state index in [9.17, 15) is 4.39 Å². The van der Waals surface area contributed by atoms with E-state index in [2.05, 4.69) is 25.7 Å². The zero-order valence-electron chi connectivity index (χ0n) is 12.7. The zero-order valence-corrected chi connectivity index (χ0v) is 13.5. The Hall–Kier alpha value is -2.32. The van der Waals surface area contributed by atoms with Crippen molar-refractivity contribution in [3.8, 4) is 5.69 Å². The second kappa shape index (κ2) is 6.29. The molecule has 1 atom stereocenters. The Morgan fingerprint density at radius 3 is 3.17 bits per heavy atom. The maximum absolute atomic E-state index is 13.2. The lowest BCUT2D eigenvalue weighted by Crippen LogP contribution is -2.28. The van der Waals surface area contributed by atoms with Gasteiger partial charge in [0.1, 0.15) is 18.0 Å².